The highest BCUT2D eigenvalue weighted by atomic mass is 35.5. The van der Waals surface area contributed by atoms with Gasteiger partial charge in [0, 0.05) is 5.02 Å². The molecule has 7 heteroatoms. The fraction of sp³-hybridized carbons (Fsp3) is 0.238. The first kappa shape index (κ1) is 20.3. The number of halogens is 1. The Bertz CT molecular complexity index is 957. The number of benzene rings is 2. The van der Waals surface area contributed by atoms with Gasteiger partial charge in [0.15, 0.2) is 16.7 Å². The lowest BCUT2D eigenvalue weighted by Gasteiger charge is -2.11. The normalized spacial score (nSPS) is 16.5. The third kappa shape index (κ3) is 4.69. The molecule has 1 aliphatic rings. The van der Waals surface area contributed by atoms with Gasteiger partial charge in [-0.3, -0.25) is 4.79 Å². The van der Waals surface area contributed by atoms with Crippen molar-refractivity contribution in [2.75, 3.05) is 13.2 Å². The minimum atomic E-state index is -0.185. The summed E-state index contributed by atoms with van der Waals surface area (Å²) in [4.78, 5) is 17.4. The van der Waals surface area contributed by atoms with Gasteiger partial charge in [0.05, 0.1) is 23.8 Å². The van der Waals surface area contributed by atoms with Gasteiger partial charge in [0.2, 0.25) is 0 Å². The van der Waals surface area contributed by atoms with Crippen LogP contribution in [0.4, 0.5) is 5.69 Å². The number of hydrogen-bond donors (Lipinski definition) is 1. The van der Waals surface area contributed by atoms with Crippen molar-refractivity contribution in [3.63, 3.8) is 0 Å². The van der Waals surface area contributed by atoms with Gasteiger partial charge in [-0.05, 0) is 74.0 Å². The van der Waals surface area contributed by atoms with Gasteiger partial charge >= 0.3 is 0 Å². The third-order valence-corrected chi connectivity index (χ3v) is 5.30. The van der Waals surface area contributed by atoms with Gasteiger partial charge < -0.3 is 14.8 Å². The molecule has 0 atom stereocenters. The molecule has 0 saturated carbocycles. The van der Waals surface area contributed by atoms with Crippen LogP contribution >= 0.6 is 23.4 Å². The summed E-state index contributed by atoms with van der Waals surface area (Å²) in [5, 5.41) is 3.97. The van der Waals surface area contributed by atoms with E-state index in [1.165, 1.54) is 11.8 Å². The topological polar surface area (TPSA) is 59.9 Å². The summed E-state index contributed by atoms with van der Waals surface area (Å²) in [6.45, 7) is 6.83. The summed E-state index contributed by atoms with van der Waals surface area (Å²) in [6, 6.07) is 11.1. The number of nitrogens with one attached hydrogen (secondary N) is 1. The molecule has 3 rings (SSSR count). The molecule has 1 fully saturated rings. The average Bonchev–Trinajstić information content (AvgIpc) is 3.00. The Hall–Kier alpha value is -2.44. The molecule has 28 heavy (non-hydrogen) atoms. The van der Waals surface area contributed by atoms with Crippen molar-refractivity contribution in [2.24, 2.45) is 4.99 Å². The lowest BCUT2D eigenvalue weighted by molar-refractivity contribution is -0.115. The fourth-order valence-corrected chi connectivity index (χ4v) is 3.62. The molecule has 1 N–H and O–H groups in total. The van der Waals surface area contributed by atoms with E-state index >= 15 is 0 Å². The van der Waals surface area contributed by atoms with E-state index in [0.717, 1.165) is 16.8 Å². The summed E-state index contributed by atoms with van der Waals surface area (Å²) in [5.74, 6) is 1.16. The second-order valence-corrected chi connectivity index (χ2v) is 7.38. The van der Waals surface area contributed by atoms with Gasteiger partial charge in [-0.1, -0.05) is 23.7 Å². The number of hydrogen-bond acceptors (Lipinski definition) is 5. The van der Waals surface area contributed by atoms with Crippen LogP contribution in [0.15, 0.2) is 46.3 Å². The van der Waals surface area contributed by atoms with Gasteiger partial charge in [0.25, 0.3) is 5.91 Å². The van der Waals surface area contributed by atoms with Crippen molar-refractivity contribution in [1.82, 2.24) is 5.32 Å². The molecule has 1 heterocycles. The SMILES string of the molecule is CCOc1ccc(/C=C2/SC(=Nc3cccc(Cl)c3C)NC2=O)cc1OCC. The summed E-state index contributed by atoms with van der Waals surface area (Å²) in [7, 11) is 0. The molecule has 5 nitrogen and oxygen atoms in total. The minimum Gasteiger partial charge on any atom is -0.490 e. The van der Waals surface area contributed by atoms with E-state index in [0.29, 0.717) is 39.8 Å². The van der Waals surface area contributed by atoms with Gasteiger partial charge in [0.1, 0.15) is 0 Å². The monoisotopic (exact) mass is 416 g/mol. The summed E-state index contributed by atoms with van der Waals surface area (Å²) in [6.07, 6.45) is 1.81. The first-order chi connectivity index (χ1) is 13.5. The first-order valence-electron chi connectivity index (χ1n) is 8.96. The number of amidine groups is 1. The van der Waals surface area contributed by atoms with Crippen molar-refractivity contribution >= 4 is 46.2 Å². The van der Waals surface area contributed by atoms with Crippen molar-refractivity contribution < 1.29 is 14.3 Å². The maximum Gasteiger partial charge on any atom is 0.264 e. The fourth-order valence-electron chi connectivity index (χ4n) is 2.62. The number of carbonyl (C=O) groups excluding carboxylic acids is 1. The number of aliphatic imine (C=N–C) groups is 1. The Kier molecular flexibility index (Phi) is 6.65. The molecule has 0 unspecified atom stereocenters. The summed E-state index contributed by atoms with van der Waals surface area (Å²) in [5.41, 5.74) is 2.46. The molecule has 0 radical (unpaired) electrons. The van der Waals surface area contributed by atoms with Crippen LogP contribution in [-0.2, 0) is 4.79 Å². The van der Waals surface area contributed by atoms with Crippen molar-refractivity contribution in [3.05, 3.63) is 57.5 Å². The van der Waals surface area contributed by atoms with Crippen LogP contribution in [0.1, 0.15) is 25.0 Å². The molecule has 2 aromatic rings. The van der Waals surface area contributed by atoms with Crippen LogP contribution in [0.5, 0.6) is 11.5 Å². The minimum absolute atomic E-state index is 0.185. The van der Waals surface area contributed by atoms with Crippen LogP contribution in [0.25, 0.3) is 6.08 Å². The molecule has 0 aliphatic carbocycles. The predicted octanol–water partition coefficient (Wildman–Crippen LogP) is 5.34. The van der Waals surface area contributed by atoms with Gasteiger partial charge in [-0.15, -0.1) is 0 Å². The maximum absolute atomic E-state index is 12.3. The Morgan fingerprint density at radius 3 is 2.64 bits per heavy atom. The number of rotatable bonds is 6. The van der Waals surface area contributed by atoms with E-state index in [-0.39, 0.29) is 5.91 Å². The second-order valence-electron chi connectivity index (χ2n) is 5.94. The zero-order valence-corrected chi connectivity index (χ0v) is 17.5. The van der Waals surface area contributed by atoms with E-state index in [2.05, 4.69) is 10.3 Å². The smallest absolute Gasteiger partial charge is 0.264 e. The Labute approximate surface area is 173 Å². The average molecular weight is 417 g/mol. The Morgan fingerprint density at radius 1 is 1.14 bits per heavy atom. The largest absolute Gasteiger partial charge is 0.490 e. The molecular weight excluding hydrogens is 396 g/mol. The highest BCUT2D eigenvalue weighted by molar-refractivity contribution is 8.18. The first-order valence-corrected chi connectivity index (χ1v) is 10.2. The summed E-state index contributed by atoms with van der Waals surface area (Å²) < 4.78 is 11.2. The molecular formula is C21H21ClN2O3S. The van der Waals surface area contributed by atoms with Crippen molar-refractivity contribution in [2.45, 2.75) is 20.8 Å². The van der Waals surface area contributed by atoms with E-state index in [9.17, 15) is 4.79 Å². The second kappa shape index (κ2) is 9.17. The van der Waals surface area contributed by atoms with E-state index in [1.807, 2.05) is 63.2 Å². The summed E-state index contributed by atoms with van der Waals surface area (Å²) >= 11 is 7.43. The standard InChI is InChI=1S/C21H21ClN2O3S/c1-4-26-17-10-9-14(11-18(17)27-5-2)12-19-20(25)24-21(28-19)23-16-8-6-7-15(22)13(16)3/h6-12H,4-5H2,1-3H3,(H,23,24,25)/b19-12+. The van der Waals surface area contributed by atoms with Gasteiger partial charge in [-0.25, -0.2) is 4.99 Å². The number of amides is 1. The van der Waals surface area contributed by atoms with Gasteiger partial charge in [-0.2, -0.15) is 0 Å². The quantitative estimate of drug-likeness (QED) is 0.646. The van der Waals surface area contributed by atoms with Crippen LogP contribution in [-0.4, -0.2) is 24.3 Å². The van der Waals surface area contributed by atoms with E-state index < -0.39 is 0 Å². The molecule has 146 valence electrons. The van der Waals surface area contributed by atoms with E-state index in [4.69, 9.17) is 21.1 Å². The number of ether oxygens (including phenoxy) is 2. The molecule has 0 spiro atoms. The van der Waals surface area contributed by atoms with Crippen molar-refractivity contribution in [3.8, 4) is 11.5 Å². The third-order valence-electron chi connectivity index (χ3n) is 3.98. The Morgan fingerprint density at radius 2 is 1.89 bits per heavy atom. The lowest BCUT2D eigenvalue weighted by Crippen LogP contribution is -2.19. The van der Waals surface area contributed by atoms with Crippen molar-refractivity contribution in [1.29, 1.82) is 0 Å². The molecule has 0 aromatic heterocycles. The highest BCUT2D eigenvalue weighted by Crippen LogP contribution is 2.33. The zero-order valence-electron chi connectivity index (χ0n) is 15.9. The molecule has 2 aromatic carbocycles. The van der Waals surface area contributed by atoms with E-state index in [1.54, 1.807) is 0 Å². The van der Waals surface area contributed by atoms with Crippen LogP contribution < -0.4 is 14.8 Å². The van der Waals surface area contributed by atoms with Crippen LogP contribution in [0, 0.1) is 6.92 Å². The number of carbonyl (C=O) groups is 1. The molecule has 1 aliphatic heterocycles. The number of nitrogens with zero attached hydrogens (tertiary/aromatic N) is 1. The maximum atomic E-state index is 12.3. The van der Waals surface area contributed by atoms with Crippen LogP contribution in [0.2, 0.25) is 5.02 Å². The zero-order chi connectivity index (χ0) is 20.1. The van der Waals surface area contributed by atoms with Crippen LogP contribution in [0.3, 0.4) is 0 Å². The highest BCUT2D eigenvalue weighted by Gasteiger charge is 2.24. The molecule has 1 amide bonds. The molecule has 1 saturated heterocycles. The number of thioether (sulfide) groups is 1. The molecule has 0 bridgehead atoms. The Balaban J connectivity index is 1.85. The lowest BCUT2D eigenvalue weighted by atomic mass is 10.2. The predicted molar refractivity (Wildman–Crippen MR) is 116 cm³/mol.